The van der Waals surface area contributed by atoms with Crippen molar-refractivity contribution in [2.24, 2.45) is 0 Å². The van der Waals surface area contributed by atoms with Crippen molar-refractivity contribution < 1.29 is 13.6 Å². The van der Waals surface area contributed by atoms with Crippen LogP contribution in [-0.2, 0) is 0 Å². The molecule has 0 bridgehead atoms. The van der Waals surface area contributed by atoms with Gasteiger partial charge in [-0.25, -0.2) is 8.78 Å². The largest absolute Gasteiger partial charge is 0.346 e. The second-order valence-corrected chi connectivity index (χ2v) is 4.92. The van der Waals surface area contributed by atoms with Crippen LogP contribution in [0.2, 0.25) is 0 Å². The van der Waals surface area contributed by atoms with Gasteiger partial charge in [0.1, 0.15) is 0 Å². The Morgan fingerprint density at radius 2 is 2.13 bits per heavy atom. The summed E-state index contributed by atoms with van der Waals surface area (Å²) in [5.41, 5.74) is 0.370. The Hall–Kier alpha value is -0.240. The molecule has 0 spiro atoms. The van der Waals surface area contributed by atoms with Crippen LogP contribution in [-0.4, -0.2) is 18.9 Å². The predicted molar refractivity (Wildman–Crippen MR) is 65.2 cm³/mol. The maximum absolute atomic E-state index is 11.8. The molecule has 2 nitrogen and oxygen atoms in total. The number of nitrogens with one attached hydrogen (secondary N) is 1. The summed E-state index contributed by atoms with van der Waals surface area (Å²) in [7, 11) is 0. The number of hydrogen-bond acceptors (Lipinski definition) is 1. The van der Waals surface area contributed by atoms with E-state index in [4.69, 9.17) is 0 Å². The van der Waals surface area contributed by atoms with Crippen LogP contribution < -0.4 is 5.32 Å². The predicted octanol–water partition coefficient (Wildman–Crippen LogP) is 3.05. The maximum Gasteiger partial charge on any atom is 0.255 e. The zero-order chi connectivity index (χ0) is 11.4. The molecule has 1 aromatic carbocycles. The number of hydrogen-bond donors (Lipinski definition) is 1. The molecule has 0 saturated heterocycles. The summed E-state index contributed by atoms with van der Waals surface area (Å²) in [6.07, 6.45) is -2.53. The van der Waals surface area contributed by atoms with E-state index in [0.717, 1.165) is 8.04 Å². The van der Waals surface area contributed by atoms with Crippen LogP contribution in [0.1, 0.15) is 10.4 Å². The molecule has 0 aromatic heterocycles. The van der Waals surface area contributed by atoms with Crippen molar-refractivity contribution in [3.63, 3.8) is 0 Å². The maximum atomic E-state index is 11.8. The average Bonchev–Trinajstić information content (AvgIpc) is 2.12. The zero-order valence-electron chi connectivity index (χ0n) is 7.44. The van der Waals surface area contributed by atoms with Crippen LogP contribution in [0.5, 0.6) is 0 Å². The van der Waals surface area contributed by atoms with E-state index < -0.39 is 18.9 Å². The third kappa shape index (κ3) is 4.42. The van der Waals surface area contributed by atoms with Gasteiger partial charge in [-0.05, 0) is 40.8 Å². The molecular formula is C9H7BrF2INO. The molecule has 1 aromatic rings. The lowest BCUT2D eigenvalue weighted by Crippen LogP contribution is -2.28. The van der Waals surface area contributed by atoms with Crippen LogP contribution in [0.15, 0.2) is 22.7 Å². The van der Waals surface area contributed by atoms with Crippen molar-refractivity contribution in [1.82, 2.24) is 5.32 Å². The molecule has 0 fully saturated rings. The Labute approximate surface area is 108 Å². The minimum Gasteiger partial charge on any atom is -0.346 e. The molecule has 6 heteroatoms. The average molecular weight is 390 g/mol. The van der Waals surface area contributed by atoms with Gasteiger partial charge in [0.2, 0.25) is 0 Å². The number of alkyl halides is 2. The minimum absolute atomic E-state index is 0.370. The van der Waals surface area contributed by atoms with Crippen molar-refractivity contribution in [3.8, 4) is 0 Å². The van der Waals surface area contributed by atoms with E-state index in [0.29, 0.717) is 5.56 Å². The highest BCUT2D eigenvalue weighted by atomic mass is 127. The number of benzene rings is 1. The molecule has 0 heterocycles. The lowest BCUT2D eigenvalue weighted by Gasteiger charge is -2.05. The first kappa shape index (κ1) is 12.8. The minimum atomic E-state index is -2.53. The second-order valence-electron chi connectivity index (χ2n) is 2.76. The molecule has 0 radical (unpaired) electrons. The lowest BCUT2D eigenvalue weighted by molar-refractivity contribution is 0.0891. The zero-order valence-corrected chi connectivity index (χ0v) is 11.2. The molecule has 1 N–H and O–H groups in total. The molecule has 1 rings (SSSR count). The topological polar surface area (TPSA) is 29.1 Å². The fraction of sp³-hybridized carbons (Fsp3) is 0.222. The number of carbonyl (C=O) groups is 1. The SMILES string of the molecule is O=C(NCC(F)F)c1cc(Br)cc(I)c1. The first-order valence-corrected chi connectivity index (χ1v) is 5.88. The molecule has 82 valence electrons. The Balaban J connectivity index is 2.73. The number of halogens is 4. The molecule has 15 heavy (non-hydrogen) atoms. The van der Waals surface area contributed by atoms with Crippen molar-refractivity contribution in [1.29, 1.82) is 0 Å². The van der Waals surface area contributed by atoms with Gasteiger partial charge < -0.3 is 5.32 Å². The molecule has 1 amide bonds. The van der Waals surface area contributed by atoms with Gasteiger partial charge in [0.25, 0.3) is 12.3 Å². The number of carbonyl (C=O) groups excluding carboxylic acids is 1. The summed E-state index contributed by atoms with van der Waals surface area (Å²) < 4.78 is 25.3. The van der Waals surface area contributed by atoms with Gasteiger partial charge in [0, 0.05) is 13.6 Å². The highest BCUT2D eigenvalue weighted by molar-refractivity contribution is 14.1. The number of rotatable bonds is 3. The third-order valence-electron chi connectivity index (χ3n) is 1.54. The van der Waals surface area contributed by atoms with E-state index in [1.54, 1.807) is 12.1 Å². The Kier molecular flexibility index (Phi) is 4.91. The van der Waals surface area contributed by atoms with Gasteiger partial charge in [-0.1, -0.05) is 15.9 Å². The quantitative estimate of drug-likeness (QED) is 0.791. The lowest BCUT2D eigenvalue weighted by atomic mass is 10.2. The highest BCUT2D eigenvalue weighted by Gasteiger charge is 2.09. The summed E-state index contributed by atoms with van der Waals surface area (Å²) in [5.74, 6) is -0.491. The molecule has 0 unspecified atom stereocenters. The van der Waals surface area contributed by atoms with Crippen LogP contribution in [0.25, 0.3) is 0 Å². The molecule has 0 aliphatic carbocycles. The van der Waals surface area contributed by atoms with Crippen molar-refractivity contribution >= 4 is 44.4 Å². The summed E-state index contributed by atoms with van der Waals surface area (Å²) in [6.45, 7) is -0.623. The standard InChI is InChI=1S/C9H7BrF2INO/c10-6-1-5(2-7(13)3-6)9(15)14-4-8(11)12/h1-3,8H,4H2,(H,14,15). The summed E-state index contributed by atoms with van der Waals surface area (Å²) in [4.78, 5) is 11.4. The Morgan fingerprint density at radius 3 is 2.67 bits per heavy atom. The van der Waals surface area contributed by atoms with Gasteiger partial charge in [0.15, 0.2) is 0 Å². The van der Waals surface area contributed by atoms with Gasteiger partial charge in [-0.15, -0.1) is 0 Å². The third-order valence-corrected chi connectivity index (χ3v) is 2.62. The smallest absolute Gasteiger partial charge is 0.255 e. The van der Waals surface area contributed by atoms with E-state index in [2.05, 4.69) is 21.2 Å². The van der Waals surface area contributed by atoms with Crippen LogP contribution >= 0.6 is 38.5 Å². The van der Waals surface area contributed by atoms with Gasteiger partial charge in [-0.3, -0.25) is 4.79 Å². The Bertz CT molecular complexity index is 353. The van der Waals surface area contributed by atoms with E-state index in [1.165, 1.54) is 0 Å². The summed E-state index contributed by atoms with van der Waals surface area (Å²) in [5, 5.41) is 2.14. The molecular weight excluding hydrogens is 383 g/mol. The van der Waals surface area contributed by atoms with Crippen molar-refractivity contribution in [3.05, 3.63) is 31.8 Å². The molecule has 0 atom stereocenters. The fourth-order valence-electron chi connectivity index (χ4n) is 0.957. The molecule has 0 aliphatic rings. The van der Waals surface area contributed by atoms with Crippen LogP contribution in [0, 0.1) is 3.57 Å². The van der Waals surface area contributed by atoms with E-state index in [1.807, 2.05) is 28.7 Å². The molecule has 0 aliphatic heterocycles. The van der Waals surface area contributed by atoms with Gasteiger partial charge >= 0.3 is 0 Å². The van der Waals surface area contributed by atoms with Crippen LogP contribution in [0.4, 0.5) is 8.78 Å². The van der Waals surface area contributed by atoms with Crippen molar-refractivity contribution in [2.45, 2.75) is 6.43 Å². The van der Waals surface area contributed by atoms with E-state index >= 15 is 0 Å². The monoisotopic (exact) mass is 389 g/mol. The Morgan fingerprint density at radius 1 is 1.47 bits per heavy atom. The first-order chi connectivity index (χ1) is 6.99. The first-order valence-electron chi connectivity index (χ1n) is 4.01. The van der Waals surface area contributed by atoms with Gasteiger partial charge in [0.05, 0.1) is 6.54 Å². The normalized spacial score (nSPS) is 10.5. The molecule has 0 saturated carbocycles. The fourth-order valence-corrected chi connectivity index (χ4v) is 2.55. The summed E-state index contributed by atoms with van der Waals surface area (Å²) >= 11 is 5.28. The van der Waals surface area contributed by atoms with Crippen molar-refractivity contribution in [2.75, 3.05) is 6.54 Å². The van der Waals surface area contributed by atoms with Gasteiger partial charge in [-0.2, -0.15) is 0 Å². The van der Waals surface area contributed by atoms with E-state index in [9.17, 15) is 13.6 Å². The number of amides is 1. The summed E-state index contributed by atoms with van der Waals surface area (Å²) in [6, 6.07) is 5.04. The van der Waals surface area contributed by atoms with E-state index in [-0.39, 0.29) is 0 Å². The second kappa shape index (κ2) is 5.74. The highest BCUT2D eigenvalue weighted by Crippen LogP contribution is 2.17. The van der Waals surface area contributed by atoms with Crippen LogP contribution in [0.3, 0.4) is 0 Å².